The highest BCUT2D eigenvalue weighted by Gasteiger charge is 2.27. The van der Waals surface area contributed by atoms with Crippen LogP contribution in [0.1, 0.15) is 24.2 Å². The van der Waals surface area contributed by atoms with Gasteiger partial charge in [0.05, 0.1) is 31.5 Å². The molecule has 0 bridgehead atoms. The lowest BCUT2D eigenvalue weighted by Crippen LogP contribution is -2.46. The highest BCUT2D eigenvalue weighted by molar-refractivity contribution is 5.93. The number of nitrogens with zero attached hydrogens (tertiary/aromatic N) is 1. The van der Waals surface area contributed by atoms with E-state index in [1.54, 1.807) is 7.11 Å². The first kappa shape index (κ1) is 18.4. The summed E-state index contributed by atoms with van der Waals surface area (Å²) < 4.78 is 11.4. The first-order valence-corrected chi connectivity index (χ1v) is 8.92. The van der Waals surface area contributed by atoms with Crippen LogP contribution in [-0.2, 0) is 9.53 Å². The maximum Gasteiger partial charge on any atom is 0.238 e. The van der Waals surface area contributed by atoms with Crippen molar-refractivity contribution in [3.05, 3.63) is 59.7 Å². The molecule has 5 nitrogen and oxygen atoms in total. The third-order valence-corrected chi connectivity index (χ3v) is 4.50. The fourth-order valence-corrected chi connectivity index (χ4v) is 3.33. The molecule has 0 aromatic heterocycles. The number of carbonyl (C=O) groups excluding carboxylic acids is 1. The van der Waals surface area contributed by atoms with Gasteiger partial charge in [-0.2, -0.15) is 0 Å². The quantitative estimate of drug-likeness (QED) is 0.894. The van der Waals surface area contributed by atoms with Crippen LogP contribution in [0.3, 0.4) is 0 Å². The minimum absolute atomic E-state index is 0.0127. The molecule has 138 valence electrons. The summed E-state index contributed by atoms with van der Waals surface area (Å²) in [7, 11) is 1.61. The van der Waals surface area contributed by atoms with E-state index in [1.807, 2.05) is 50.2 Å². The second kappa shape index (κ2) is 8.34. The van der Waals surface area contributed by atoms with Crippen LogP contribution >= 0.6 is 0 Å². The Morgan fingerprint density at radius 2 is 2.00 bits per heavy atom. The van der Waals surface area contributed by atoms with E-state index >= 15 is 0 Å². The van der Waals surface area contributed by atoms with E-state index in [2.05, 4.69) is 22.3 Å². The topological polar surface area (TPSA) is 50.8 Å². The van der Waals surface area contributed by atoms with Gasteiger partial charge >= 0.3 is 0 Å². The molecule has 1 heterocycles. The molecule has 26 heavy (non-hydrogen) atoms. The summed E-state index contributed by atoms with van der Waals surface area (Å²) in [5.41, 5.74) is 2.92. The van der Waals surface area contributed by atoms with Crippen molar-refractivity contribution in [2.24, 2.45) is 0 Å². The zero-order valence-electron chi connectivity index (χ0n) is 15.6. The Kier molecular flexibility index (Phi) is 5.91. The lowest BCUT2D eigenvalue weighted by atomic mass is 10.1. The minimum Gasteiger partial charge on any atom is -0.495 e. The third kappa shape index (κ3) is 4.62. The average Bonchev–Trinajstić information content (AvgIpc) is 2.62. The zero-order chi connectivity index (χ0) is 18.5. The summed E-state index contributed by atoms with van der Waals surface area (Å²) in [5.74, 6) is 0.622. The SMILES string of the molecule is COc1ccc(C)cc1NC(=O)CN1CC(C)OC(c2ccccc2)C1. The highest BCUT2D eigenvalue weighted by Crippen LogP contribution is 2.27. The van der Waals surface area contributed by atoms with E-state index < -0.39 is 0 Å². The molecule has 0 radical (unpaired) electrons. The lowest BCUT2D eigenvalue weighted by Gasteiger charge is -2.36. The minimum atomic E-state index is -0.0465. The van der Waals surface area contributed by atoms with Gasteiger partial charge in [-0.1, -0.05) is 36.4 Å². The summed E-state index contributed by atoms with van der Waals surface area (Å²) in [4.78, 5) is 14.7. The number of hydrogen-bond donors (Lipinski definition) is 1. The number of rotatable bonds is 5. The van der Waals surface area contributed by atoms with Gasteiger partial charge in [0.25, 0.3) is 0 Å². The molecule has 2 unspecified atom stereocenters. The van der Waals surface area contributed by atoms with Gasteiger partial charge in [-0.3, -0.25) is 9.69 Å². The number of benzene rings is 2. The molecule has 2 aromatic rings. The number of amides is 1. The summed E-state index contributed by atoms with van der Waals surface area (Å²) in [6.07, 6.45) is 0.0662. The fraction of sp³-hybridized carbons (Fsp3) is 0.381. The summed E-state index contributed by atoms with van der Waals surface area (Å²) in [6.45, 7) is 5.80. The van der Waals surface area contributed by atoms with E-state index in [1.165, 1.54) is 0 Å². The van der Waals surface area contributed by atoms with Crippen LogP contribution in [0.2, 0.25) is 0 Å². The second-order valence-electron chi connectivity index (χ2n) is 6.79. The predicted octanol–water partition coefficient (Wildman–Crippen LogP) is 3.40. The molecule has 5 heteroatoms. The van der Waals surface area contributed by atoms with E-state index in [4.69, 9.17) is 9.47 Å². The maximum absolute atomic E-state index is 12.6. The molecule has 0 aliphatic carbocycles. The van der Waals surface area contributed by atoms with E-state index in [-0.39, 0.29) is 18.1 Å². The Bertz CT molecular complexity index is 748. The van der Waals surface area contributed by atoms with Crippen LogP contribution < -0.4 is 10.1 Å². The molecule has 1 aliphatic heterocycles. The molecule has 1 saturated heterocycles. The number of nitrogens with one attached hydrogen (secondary N) is 1. The van der Waals surface area contributed by atoms with Gasteiger partial charge in [0.2, 0.25) is 5.91 Å². The highest BCUT2D eigenvalue weighted by atomic mass is 16.5. The molecule has 1 N–H and O–H groups in total. The van der Waals surface area contributed by atoms with Crippen LogP contribution in [-0.4, -0.2) is 43.7 Å². The Hall–Kier alpha value is -2.37. The smallest absolute Gasteiger partial charge is 0.238 e. The molecule has 2 aromatic carbocycles. The second-order valence-corrected chi connectivity index (χ2v) is 6.79. The van der Waals surface area contributed by atoms with E-state index in [9.17, 15) is 4.79 Å². The van der Waals surface area contributed by atoms with Gasteiger partial charge < -0.3 is 14.8 Å². The first-order valence-electron chi connectivity index (χ1n) is 8.92. The molecule has 1 amide bonds. The Morgan fingerprint density at radius 1 is 1.23 bits per heavy atom. The van der Waals surface area contributed by atoms with E-state index in [0.717, 1.165) is 17.7 Å². The van der Waals surface area contributed by atoms with Crippen molar-refractivity contribution in [1.29, 1.82) is 0 Å². The monoisotopic (exact) mass is 354 g/mol. The van der Waals surface area contributed by atoms with Crippen LogP contribution in [0.5, 0.6) is 5.75 Å². The number of ether oxygens (including phenoxy) is 2. The van der Waals surface area contributed by atoms with Crippen molar-refractivity contribution in [3.63, 3.8) is 0 Å². The molecular formula is C21H26N2O3. The fourth-order valence-electron chi connectivity index (χ4n) is 3.33. The van der Waals surface area contributed by atoms with Gasteiger partial charge in [-0.15, -0.1) is 0 Å². The van der Waals surface area contributed by atoms with Crippen LogP contribution in [0.25, 0.3) is 0 Å². The Balaban J connectivity index is 1.64. The van der Waals surface area contributed by atoms with Gasteiger partial charge in [-0.05, 0) is 37.1 Å². The van der Waals surface area contributed by atoms with Crippen LogP contribution in [0, 0.1) is 6.92 Å². The van der Waals surface area contributed by atoms with Crippen molar-refractivity contribution in [1.82, 2.24) is 4.90 Å². The molecule has 0 spiro atoms. The summed E-state index contributed by atoms with van der Waals surface area (Å²) in [6, 6.07) is 15.9. The third-order valence-electron chi connectivity index (χ3n) is 4.50. The number of anilines is 1. The molecular weight excluding hydrogens is 328 g/mol. The van der Waals surface area contributed by atoms with Crippen molar-refractivity contribution >= 4 is 11.6 Å². The Morgan fingerprint density at radius 3 is 2.73 bits per heavy atom. The molecule has 0 saturated carbocycles. The molecule has 1 fully saturated rings. The van der Waals surface area contributed by atoms with Gasteiger partial charge in [0, 0.05) is 13.1 Å². The summed E-state index contributed by atoms with van der Waals surface area (Å²) in [5, 5.41) is 2.97. The van der Waals surface area contributed by atoms with Crippen LogP contribution in [0.4, 0.5) is 5.69 Å². The van der Waals surface area contributed by atoms with Crippen LogP contribution in [0.15, 0.2) is 48.5 Å². The number of aryl methyl sites for hydroxylation is 1. The normalized spacial score (nSPS) is 20.6. The molecule has 2 atom stereocenters. The van der Waals surface area contributed by atoms with Crippen molar-refractivity contribution in [2.45, 2.75) is 26.1 Å². The number of carbonyl (C=O) groups is 1. The predicted molar refractivity (Wildman–Crippen MR) is 103 cm³/mol. The van der Waals surface area contributed by atoms with Crippen molar-refractivity contribution in [2.75, 3.05) is 32.1 Å². The number of methoxy groups -OCH3 is 1. The molecule has 1 aliphatic rings. The largest absolute Gasteiger partial charge is 0.495 e. The lowest BCUT2D eigenvalue weighted by molar-refractivity contribution is -0.122. The zero-order valence-corrected chi connectivity index (χ0v) is 15.6. The molecule has 3 rings (SSSR count). The van der Waals surface area contributed by atoms with Crippen molar-refractivity contribution < 1.29 is 14.3 Å². The first-order chi connectivity index (χ1) is 12.5. The number of hydrogen-bond acceptors (Lipinski definition) is 4. The number of morpholine rings is 1. The maximum atomic E-state index is 12.6. The standard InChI is InChI=1S/C21H26N2O3/c1-15-9-10-19(25-3)18(11-15)22-21(24)14-23-12-16(2)26-20(13-23)17-7-5-4-6-8-17/h4-11,16,20H,12-14H2,1-3H3,(H,22,24). The van der Waals surface area contributed by atoms with Gasteiger partial charge in [0.15, 0.2) is 0 Å². The van der Waals surface area contributed by atoms with Crippen molar-refractivity contribution in [3.8, 4) is 5.75 Å². The average molecular weight is 354 g/mol. The Labute approximate surface area is 154 Å². The summed E-state index contributed by atoms with van der Waals surface area (Å²) >= 11 is 0. The van der Waals surface area contributed by atoms with E-state index in [0.29, 0.717) is 24.5 Å². The van der Waals surface area contributed by atoms with Gasteiger partial charge in [-0.25, -0.2) is 0 Å². The van der Waals surface area contributed by atoms with Gasteiger partial charge in [0.1, 0.15) is 5.75 Å².